The maximum Gasteiger partial charge on any atom is 0.322 e. The van der Waals surface area contributed by atoms with Crippen molar-refractivity contribution in [2.45, 2.75) is 39.2 Å². The highest BCUT2D eigenvalue weighted by Crippen LogP contribution is 2.26. The van der Waals surface area contributed by atoms with E-state index in [2.05, 4.69) is 31.1 Å². The van der Waals surface area contributed by atoms with Gasteiger partial charge in [-0.1, -0.05) is 20.8 Å². The highest BCUT2D eigenvalue weighted by atomic mass is 16.4. The number of nitrogens with one attached hydrogen (secondary N) is 1. The molecule has 2 aromatic rings. The predicted octanol–water partition coefficient (Wildman–Crippen LogP) is 3.70. The fourth-order valence-electron chi connectivity index (χ4n) is 3.12. The third-order valence-corrected chi connectivity index (χ3v) is 4.81. The summed E-state index contributed by atoms with van der Waals surface area (Å²) in [4.78, 5) is 18.4. The molecule has 2 atom stereocenters. The highest BCUT2D eigenvalue weighted by Gasteiger charge is 2.33. The molecule has 2 amide bonds. The smallest absolute Gasteiger partial charge is 0.322 e. The van der Waals surface area contributed by atoms with Crippen molar-refractivity contribution in [3.8, 4) is 11.5 Å². The lowest BCUT2D eigenvalue weighted by Crippen LogP contribution is -2.42. The van der Waals surface area contributed by atoms with E-state index in [1.165, 1.54) is 0 Å². The number of benzene rings is 1. The Labute approximate surface area is 147 Å². The quantitative estimate of drug-likeness (QED) is 0.887. The second kappa shape index (κ2) is 7.27. The van der Waals surface area contributed by atoms with E-state index in [0.29, 0.717) is 30.0 Å². The summed E-state index contributed by atoms with van der Waals surface area (Å²) in [6.45, 7) is 6.84. The van der Waals surface area contributed by atoms with Gasteiger partial charge in [0.05, 0.1) is 18.8 Å². The van der Waals surface area contributed by atoms with Gasteiger partial charge >= 0.3 is 6.03 Å². The van der Waals surface area contributed by atoms with E-state index >= 15 is 0 Å². The number of carbonyl (C=O) groups excluding carboxylic acids is 1. The number of aromatic nitrogens is 1. The van der Waals surface area contributed by atoms with Crippen LogP contribution >= 0.6 is 0 Å². The van der Waals surface area contributed by atoms with E-state index in [-0.39, 0.29) is 18.7 Å². The molecule has 0 saturated carbocycles. The van der Waals surface area contributed by atoms with E-state index in [9.17, 15) is 9.90 Å². The summed E-state index contributed by atoms with van der Waals surface area (Å²) in [7, 11) is 0. The lowest BCUT2D eigenvalue weighted by molar-refractivity contribution is 0.152. The third kappa shape index (κ3) is 3.69. The number of oxazole rings is 1. The maximum absolute atomic E-state index is 12.4. The Balaban J connectivity index is 1.67. The number of carbonyl (C=O) groups is 1. The van der Waals surface area contributed by atoms with Gasteiger partial charge in [0, 0.05) is 23.7 Å². The Morgan fingerprint density at radius 2 is 2.12 bits per heavy atom. The maximum atomic E-state index is 12.4. The van der Waals surface area contributed by atoms with Crippen molar-refractivity contribution in [3.05, 3.63) is 36.2 Å². The number of aliphatic hydroxyl groups excluding tert-OH is 1. The van der Waals surface area contributed by atoms with Crippen LogP contribution in [0.4, 0.5) is 10.5 Å². The van der Waals surface area contributed by atoms with Crippen molar-refractivity contribution >= 4 is 11.7 Å². The minimum absolute atomic E-state index is 0.00410. The van der Waals surface area contributed by atoms with E-state index in [0.717, 1.165) is 17.7 Å². The molecule has 6 nitrogen and oxygen atoms in total. The standard InChI is InChI=1S/C19H25N3O3/c1-12(2)17-10-20-18(25-17)14-4-6-15(7-5-14)21-19(24)22-9-8-13(3)16(22)11-23/h4-7,10,12-13,16,23H,8-9,11H2,1-3H3,(H,21,24)/t13-,16+/m0/s1. The van der Waals surface area contributed by atoms with Crippen molar-refractivity contribution in [2.75, 3.05) is 18.5 Å². The van der Waals surface area contributed by atoms with E-state index in [1.54, 1.807) is 11.1 Å². The molecule has 1 aromatic carbocycles. The van der Waals surface area contributed by atoms with E-state index in [1.807, 2.05) is 24.3 Å². The van der Waals surface area contributed by atoms with Crippen LogP contribution in [-0.2, 0) is 0 Å². The minimum Gasteiger partial charge on any atom is -0.441 e. The Morgan fingerprint density at radius 3 is 2.72 bits per heavy atom. The first-order chi connectivity index (χ1) is 12.0. The zero-order valence-corrected chi connectivity index (χ0v) is 14.9. The molecule has 1 fully saturated rings. The van der Waals surface area contributed by atoms with Gasteiger partial charge in [-0.3, -0.25) is 0 Å². The van der Waals surface area contributed by atoms with Crippen LogP contribution in [0.1, 0.15) is 38.9 Å². The summed E-state index contributed by atoms with van der Waals surface area (Å²) in [5.74, 6) is 2.04. The van der Waals surface area contributed by atoms with E-state index < -0.39 is 0 Å². The van der Waals surface area contributed by atoms with Crippen molar-refractivity contribution in [1.82, 2.24) is 9.88 Å². The number of nitrogens with zero attached hydrogens (tertiary/aromatic N) is 2. The summed E-state index contributed by atoms with van der Waals surface area (Å²) >= 11 is 0. The van der Waals surface area contributed by atoms with Crippen molar-refractivity contribution < 1.29 is 14.3 Å². The van der Waals surface area contributed by atoms with Gasteiger partial charge in [-0.15, -0.1) is 0 Å². The van der Waals surface area contributed by atoms with Crippen LogP contribution in [0.15, 0.2) is 34.9 Å². The van der Waals surface area contributed by atoms with Crippen molar-refractivity contribution in [1.29, 1.82) is 0 Å². The number of likely N-dealkylation sites (tertiary alicyclic amines) is 1. The highest BCUT2D eigenvalue weighted by molar-refractivity contribution is 5.90. The Bertz CT molecular complexity index is 724. The zero-order valence-electron chi connectivity index (χ0n) is 14.9. The summed E-state index contributed by atoms with van der Waals surface area (Å²) < 4.78 is 5.74. The normalized spacial score (nSPS) is 20.3. The molecule has 0 bridgehead atoms. The fourth-order valence-corrected chi connectivity index (χ4v) is 3.12. The van der Waals surface area contributed by atoms with Gasteiger partial charge < -0.3 is 19.7 Å². The molecule has 1 aliphatic rings. The molecule has 2 heterocycles. The van der Waals surface area contributed by atoms with Crippen LogP contribution in [0, 0.1) is 5.92 Å². The van der Waals surface area contributed by atoms with Crippen LogP contribution in [0.3, 0.4) is 0 Å². The molecule has 0 radical (unpaired) electrons. The number of hydrogen-bond donors (Lipinski definition) is 2. The first kappa shape index (κ1) is 17.5. The topological polar surface area (TPSA) is 78.6 Å². The number of anilines is 1. The first-order valence-corrected chi connectivity index (χ1v) is 8.74. The average Bonchev–Trinajstić information content (AvgIpc) is 3.22. The van der Waals surface area contributed by atoms with Crippen molar-refractivity contribution in [2.24, 2.45) is 5.92 Å². The molecule has 2 N–H and O–H groups in total. The van der Waals surface area contributed by atoms with Gasteiger partial charge in [0.25, 0.3) is 0 Å². The molecule has 1 aliphatic heterocycles. The molecule has 25 heavy (non-hydrogen) atoms. The van der Waals surface area contributed by atoms with Crippen LogP contribution in [0.25, 0.3) is 11.5 Å². The second-order valence-electron chi connectivity index (χ2n) is 6.94. The fraction of sp³-hybridized carbons (Fsp3) is 0.474. The van der Waals surface area contributed by atoms with Gasteiger partial charge in [0.2, 0.25) is 5.89 Å². The van der Waals surface area contributed by atoms with Gasteiger partial charge in [0.1, 0.15) is 5.76 Å². The van der Waals surface area contributed by atoms with Gasteiger partial charge in [-0.2, -0.15) is 0 Å². The Kier molecular flexibility index (Phi) is 5.08. The molecule has 1 aromatic heterocycles. The summed E-state index contributed by atoms with van der Waals surface area (Å²) in [6.07, 6.45) is 2.67. The molecule has 1 saturated heterocycles. The second-order valence-corrected chi connectivity index (χ2v) is 6.94. The summed E-state index contributed by atoms with van der Waals surface area (Å²) in [6, 6.07) is 7.14. The third-order valence-electron chi connectivity index (χ3n) is 4.81. The molecule has 0 spiro atoms. The van der Waals surface area contributed by atoms with Crippen LogP contribution in [-0.4, -0.2) is 40.2 Å². The molecular formula is C19H25N3O3. The Morgan fingerprint density at radius 1 is 1.40 bits per heavy atom. The molecule has 6 heteroatoms. The van der Waals surface area contributed by atoms with E-state index in [4.69, 9.17) is 4.42 Å². The van der Waals surface area contributed by atoms with Crippen LogP contribution < -0.4 is 5.32 Å². The lowest BCUT2D eigenvalue weighted by Gasteiger charge is -2.25. The average molecular weight is 343 g/mol. The SMILES string of the molecule is CC(C)c1cnc(-c2ccc(NC(=O)N3CC[C@H](C)[C@H]3CO)cc2)o1. The first-order valence-electron chi connectivity index (χ1n) is 8.74. The lowest BCUT2D eigenvalue weighted by atomic mass is 10.0. The molecule has 0 aliphatic carbocycles. The number of urea groups is 1. The zero-order chi connectivity index (χ0) is 18.0. The van der Waals surface area contributed by atoms with Crippen LogP contribution in [0.2, 0.25) is 0 Å². The number of rotatable bonds is 4. The number of hydrogen-bond acceptors (Lipinski definition) is 4. The molecular weight excluding hydrogens is 318 g/mol. The van der Waals surface area contributed by atoms with Gasteiger partial charge in [-0.05, 0) is 36.6 Å². The number of amides is 2. The molecule has 0 unspecified atom stereocenters. The van der Waals surface area contributed by atoms with Crippen molar-refractivity contribution in [3.63, 3.8) is 0 Å². The summed E-state index contributed by atoms with van der Waals surface area (Å²) in [5, 5.41) is 12.4. The monoisotopic (exact) mass is 343 g/mol. The number of aliphatic hydroxyl groups is 1. The summed E-state index contributed by atoms with van der Waals surface area (Å²) in [5.41, 5.74) is 1.58. The molecule has 134 valence electrons. The van der Waals surface area contributed by atoms with Gasteiger partial charge in [-0.25, -0.2) is 9.78 Å². The largest absolute Gasteiger partial charge is 0.441 e. The Hall–Kier alpha value is -2.34. The van der Waals surface area contributed by atoms with Crippen LogP contribution in [0.5, 0.6) is 0 Å². The minimum atomic E-state index is -0.172. The van der Waals surface area contributed by atoms with Gasteiger partial charge in [0.15, 0.2) is 0 Å². The molecule has 3 rings (SSSR count). The predicted molar refractivity (Wildman–Crippen MR) is 96.4 cm³/mol.